The van der Waals surface area contributed by atoms with Gasteiger partial charge in [0, 0.05) is 11.1 Å². The fourth-order valence-electron chi connectivity index (χ4n) is 1.99. The predicted octanol–water partition coefficient (Wildman–Crippen LogP) is 2.65. The summed E-state index contributed by atoms with van der Waals surface area (Å²) in [4.78, 5) is 26.9. The maximum absolute atomic E-state index is 13.5. The maximum atomic E-state index is 13.5. The van der Waals surface area contributed by atoms with E-state index in [0.717, 1.165) is 12.1 Å². The van der Waals surface area contributed by atoms with Gasteiger partial charge in [-0.3, -0.25) is 14.9 Å². The summed E-state index contributed by atoms with van der Waals surface area (Å²) >= 11 is 0. The van der Waals surface area contributed by atoms with Gasteiger partial charge in [0.15, 0.2) is 17.9 Å². The van der Waals surface area contributed by atoms with Gasteiger partial charge in [0.25, 0.3) is 5.91 Å². The zero-order valence-electron chi connectivity index (χ0n) is 12.1. The number of aromatic hydroxyl groups is 1. The van der Waals surface area contributed by atoms with Gasteiger partial charge in [0.2, 0.25) is 5.82 Å². The van der Waals surface area contributed by atoms with Crippen LogP contribution in [0.5, 0.6) is 5.75 Å². The summed E-state index contributed by atoms with van der Waals surface area (Å²) in [5, 5.41) is 15.4. The second-order valence-electron chi connectivity index (χ2n) is 4.76. The standard InChI is InChI=1S/C16H10FN3O4/c17-12-7-10(6-11(8-21)13(12)22)15(23)19-16-18-14(20-24-16)9-4-2-1-3-5-9/h1-8,22H,(H,18,19,20,23). The Morgan fingerprint density at radius 3 is 2.71 bits per heavy atom. The molecule has 3 rings (SSSR count). The third kappa shape index (κ3) is 2.98. The summed E-state index contributed by atoms with van der Waals surface area (Å²) in [6, 6.07) is 10.6. The van der Waals surface area contributed by atoms with Crippen molar-refractivity contribution in [3.8, 4) is 17.1 Å². The second-order valence-corrected chi connectivity index (χ2v) is 4.76. The molecule has 24 heavy (non-hydrogen) atoms. The van der Waals surface area contributed by atoms with Crippen LogP contribution in [0.1, 0.15) is 20.7 Å². The molecule has 0 aliphatic carbocycles. The normalized spacial score (nSPS) is 10.4. The predicted molar refractivity (Wildman–Crippen MR) is 81.1 cm³/mol. The molecule has 0 aliphatic heterocycles. The van der Waals surface area contributed by atoms with Crippen LogP contribution in [0.3, 0.4) is 0 Å². The molecular weight excluding hydrogens is 317 g/mol. The number of aromatic nitrogens is 2. The number of halogens is 1. The van der Waals surface area contributed by atoms with Crippen LogP contribution < -0.4 is 5.32 Å². The van der Waals surface area contributed by atoms with Gasteiger partial charge in [0.05, 0.1) is 5.56 Å². The first kappa shape index (κ1) is 15.3. The molecule has 0 atom stereocenters. The van der Waals surface area contributed by atoms with Crippen molar-refractivity contribution in [2.45, 2.75) is 0 Å². The molecule has 8 heteroatoms. The minimum atomic E-state index is -1.08. The minimum Gasteiger partial charge on any atom is -0.504 e. The van der Waals surface area contributed by atoms with Gasteiger partial charge >= 0.3 is 6.01 Å². The fourth-order valence-corrected chi connectivity index (χ4v) is 1.99. The summed E-state index contributed by atoms with van der Waals surface area (Å²) in [6.07, 6.45) is 0.245. The van der Waals surface area contributed by atoms with Gasteiger partial charge in [0.1, 0.15) is 0 Å². The highest BCUT2D eigenvalue weighted by molar-refractivity contribution is 6.04. The van der Waals surface area contributed by atoms with Crippen LogP contribution in [-0.4, -0.2) is 27.4 Å². The van der Waals surface area contributed by atoms with E-state index in [0.29, 0.717) is 5.56 Å². The number of nitrogens with one attached hydrogen (secondary N) is 1. The number of carbonyl (C=O) groups is 2. The molecule has 0 fully saturated rings. The number of carbonyl (C=O) groups excluding carboxylic acids is 2. The van der Waals surface area contributed by atoms with Crippen LogP contribution in [0, 0.1) is 5.82 Å². The molecule has 7 nitrogen and oxygen atoms in total. The highest BCUT2D eigenvalue weighted by Gasteiger charge is 2.17. The Labute approximate surface area is 134 Å². The summed E-state index contributed by atoms with van der Waals surface area (Å²) in [5.41, 5.74) is 0.184. The number of phenolic OH excluding ortho intramolecular Hbond substituents is 1. The number of aldehydes is 1. The molecule has 2 aromatic carbocycles. The third-order valence-corrected chi connectivity index (χ3v) is 3.16. The first-order chi connectivity index (χ1) is 11.6. The lowest BCUT2D eigenvalue weighted by Crippen LogP contribution is -2.13. The Kier molecular flexibility index (Phi) is 4.02. The fraction of sp³-hybridized carbons (Fsp3) is 0. The van der Waals surface area contributed by atoms with Gasteiger partial charge in [-0.15, -0.1) is 0 Å². The van der Waals surface area contributed by atoms with Crippen LogP contribution in [0.25, 0.3) is 11.4 Å². The summed E-state index contributed by atoms with van der Waals surface area (Å²) < 4.78 is 18.4. The second kappa shape index (κ2) is 6.29. The number of amides is 1. The van der Waals surface area contributed by atoms with E-state index >= 15 is 0 Å². The molecule has 2 N–H and O–H groups in total. The molecule has 0 unspecified atom stereocenters. The average Bonchev–Trinajstić information content (AvgIpc) is 3.06. The van der Waals surface area contributed by atoms with Crippen molar-refractivity contribution >= 4 is 18.2 Å². The molecule has 0 radical (unpaired) electrons. The van der Waals surface area contributed by atoms with Crippen molar-refractivity contribution in [3.05, 3.63) is 59.4 Å². The number of hydrogen-bond donors (Lipinski definition) is 2. The lowest BCUT2D eigenvalue weighted by Gasteiger charge is -2.04. The Bertz CT molecular complexity index is 909. The molecule has 1 aromatic heterocycles. The van der Waals surface area contributed by atoms with E-state index in [-0.39, 0.29) is 29.3 Å². The molecule has 0 bridgehead atoms. The lowest BCUT2D eigenvalue weighted by atomic mass is 10.1. The zero-order chi connectivity index (χ0) is 17.1. The number of benzene rings is 2. The highest BCUT2D eigenvalue weighted by Crippen LogP contribution is 2.23. The molecule has 120 valence electrons. The van der Waals surface area contributed by atoms with E-state index in [1.807, 2.05) is 6.07 Å². The van der Waals surface area contributed by atoms with Crippen molar-refractivity contribution < 1.29 is 23.6 Å². The number of anilines is 1. The van der Waals surface area contributed by atoms with Crippen LogP contribution in [0.2, 0.25) is 0 Å². The van der Waals surface area contributed by atoms with Crippen molar-refractivity contribution in [1.29, 1.82) is 0 Å². The van der Waals surface area contributed by atoms with Crippen molar-refractivity contribution in [2.75, 3.05) is 5.32 Å². The van der Waals surface area contributed by atoms with Gasteiger partial charge in [-0.05, 0) is 12.1 Å². The van der Waals surface area contributed by atoms with Gasteiger partial charge in [-0.1, -0.05) is 35.5 Å². The van der Waals surface area contributed by atoms with Crippen LogP contribution in [0.4, 0.5) is 10.4 Å². The van der Waals surface area contributed by atoms with Crippen molar-refractivity contribution in [2.24, 2.45) is 0 Å². The monoisotopic (exact) mass is 327 g/mol. The van der Waals surface area contributed by atoms with Gasteiger partial charge in [-0.2, -0.15) is 4.98 Å². The van der Waals surface area contributed by atoms with Gasteiger partial charge < -0.3 is 9.63 Å². The molecule has 0 saturated carbocycles. The maximum Gasteiger partial charge on any atom is 0.328 e. The minimum absolute atomic E-state index is 0.174. The number of hydrogen-bond acceptors (Lipinski definition) is 6. The first-order valence-corrected chi connectivity index (χ1v) is 6.76. The van der Waals surface area contributed by atoms with Crippen molar-refractivity contribution in [1.82, 2.24) is 10.1 Å². The molecule has 3 aromatic rings. The smallest absolute Gasteiger partial charge is 0.328 e. The molecule has 0 saturated heterocycles. The Morgan fingerprint density at radius 1 is 1.25 bits per heavy atom. The van der Waals surface area contributed by atoms with Crippen LogP contribution >= 0.6 is 0 Å². The van der Waals surface area contributed by atoms with E-state index in [9.17, 15) is 19.1 Å². The zero-order valence-corrected chi connectivity index (χ0v) is 12.1. The van der Waals surface area contributed by atoms with Crippen molar-refractivity contribution in [3.63, 3.8) is 0 Å². The SMILES string of the molecule is O=Cc1cc(C(=O)Nc2nc(-c3ccccc3)no2)cc(F)c1O. The molecule has 1 amide bonds. The lowest BCUT2D eigenvalue weighted by molar-refractivity contribution is 0.102. The molecule has 0 spiro atoms. The Balaban J connectivity index is 1.82. The Morgan fingerprint density at radius 2 is 2.00 bits per heavy atom. The van der Waals surface area contributed by atoms with E-state index < -0.39 is 17.5 Å². The number of rotatable bonds is 4. The summed E-state index contributed by atoms with van der Waals surface area (Å²) in [6.45, 7) is 0. The first-order valence-electron chi connectivity index (χ1n) is 6.76. The van der Waals surface area contributed by atoms with E-state index in [1.165, 1.54) is 0 Å². The topological polar surface area (TPSA) is 105 Å². The third-order valence-electron chi connectivity index (χ3n) is 3.16. The quantitative estimate of drug-likeness (QED) is 0.714. The van der Waals surface area contributed by atoms with E-state index in [1.54, 1.807) is 24.3 Å². The van der Waals surface area contributed by atoms with Crippen LogP contribution in [-0.2, 0) is 0 Å². The number of nitrogens with zero attached hydrogens (tertiary/aromatic N) is 2. The molecule has 0 aliphatic rings. The number of phenols is 1. The van der Waals surface area contributed by atoms with E-state index in [4.69, 9.17) is 4.52 Å². The molecular formula is C16H10FN3O4. The van der Waals surface area contributed by atoms with E-state index in [2.05, 4.69) is 15.5 Å². The molecule has 1 heterocycles. The average molecular weight is 327 g/mol. The van der Waals surface area contributed by atoms with Crippen LogP contribution in [0.15, 0.2) is 47.0 Å². The Hall–Kier alpha value is -3.55. The summed E-state index contributed by atoms with van der Waals surface area (Å²) in [7, 11) is 0. The summed E-state index contributed by atoms with van der Waals surface area (Å²) in [5.74, 6) is -2.39. The van der Waals surface area contributed by atoms with Gasteiger partial charge in [-0.25, -0.2) is 4.39 Å². The largest absolute Gasteiger partial charge is 0.504 e. The highest BCUT2D eigenvalue weighted by atomic mass is 19.1.